The summed E-state index contributed by atoms with van der Waals surface area (Å²) in [7, 11) is 0. The van der Waals surface area contributed by atoms with E-state index in [1.165, 1.54) is 13.0 Å². The first-order chi connectivity index (χ1) is 8.90. The number of benzene rings is 1. The number of carbonyl (C=O) groups excluding carboxylic acids is 2. The van der Waals surface area contributed by atoms with Crippen molar-refractivity contribution in [3.63, 3.8) is 0 Å². The van der Waals surface area contributed by atoms with Gasteiger partial charge in [-0.2, -0.15) is 0 Å². The third kappa shape index (κ3) is 5.55. The van der Waals surface area contributed by atoms with Crippen LogP contribution in [0.2, 0.25) is 10.0 Å². The van der Waals surface area contributed by atoms with E-state index in [9.17, 15) is 9.59 Å². The Morgan fingerprint density at radius 3 is 2.53 bits per heavy atom. The SMILES string of the molecule is CC(Cl)C(=O)NNC(=O)COc1ccc(Cl)c(Cl)c1. The number of rotatable bonds is 4. The van der Waals surface area contributed by atoms with Crippen LogP contribution < -0.4 is 15.6 Å². The molecule has 1 aromatic carbocycles. The van der Waals surface area contributed by atoms with Gasteiger partial charge in [-0.05, 0) is 19.1 Å². The second-order valence-electron chi connectivity index (χ2n) is 3.52. The van der Waals surface area contributed by atoms with E-state index in [1.54, 1.807) is 12.1 Å². The van der Waals surface area contributed by atoms with E-state index in [0.717, 1.165) is 0 Å². The highest BCUT2D eigenvalue weighted by Gasteiger charge is 2.10. The van der Waals surface area contributed by atoms with Crippen molar-refractivity contribution in [2.24, 2.45) is 0 Å². The third-order valence-electron chi connectivity index (χ3n) is 1.95. The second kappa shape index (κ2) is 7.43. The minimum Gasteiger partial charge on any atom is -0.484 e. The normalized spacial score (nSPS) is 11.6. The highest BCUT2D eigenvalue weighted by Crippen LogP contribution is 2.26. The summed E-state index contributed by atoms with van der Waals surface area (Å²) >= 11 is 17.0. The van der Waals surface area contributed by atoms with Gasteiger partial charge in [0.2, 0.25) is 0 Å². The van der Waals surface area contributed by atoms with Crippen LogP contribution in [0.5, 0.6) is 5.75 Å². The molecule has 0 radical (unpaired) electrons. The molecule has 1 rings (SSSR count). The van der Waals surface area contributed by atoms with Gasteiger partial charge in [-0.3, -0.25) is 20.4 Å². The molecular formula is C11H11Cl3N2O3. The topological polar surface area (TPSA) is 67.4 Å². The maximum absolute atomic E-state index is 11.3. The first-order valence-corrected chi connectivity index (χ1v) is 6.40. The van der Waals surface area contributed by atoms with E-state index in [-0.39, 0.29) is 6.61 Å². The second-order valence-corrected chi connectivity index (χ2v) is 4.99. The Morgan fingerprint density at radius 2 is 1.95 bits per heavy atom. The number of hydrogen-bond donors (Lipinski definition) is 2. The molecule has 2 N–H and O–H groups in total. The van der Waals surface area contributed by atoms with Gasteiger partial charge in [0.25, 0.3) is 11.8 Å². The van der Waals surface area contributed by atoms with E-state index < -0.39 is 17.2 Å². The van der Waals surface area contributed by atoms with E-state index in [0.29, 0.717) is 15.8 Å². The van der Waals surface area contributed by atoms with Gasteiger partial charge in [0.1, 0.15) is 11.1 Å². The van der Waals surface area contributed by atoms with Gasteiger partial charge in [-0.25, -0.2) is 0 Å². The number of hydrazine groups is 1. The summed E-state index contributed by atoms with van der Waals surface area (Å²) in [4.78, 5) is 22.4. The Labute approximate surface area is 125 Å². The van der Waals surface area contributed by atoms with Gasteiger partial charge >= 0.3 is 0 Å². The summed E-state index contributed by atoms with van der Waals surface area (Å²) in [5, 5.41) is -0.0260. The number of nitrogens with one attached hydrogen (secondary N) is 2. The molecule has 1 unspecified atom stereocenters. The molecule has 8 heteroatoms. The fourth-order valence-corrected chi connectivity index (χ4v) is 1.32. The fourth-order valence-electron chi connectivity index (χ4n) is 0.982. The molecule has 2 amide bonds. The maximum atomic E-state index is 11.3. The van der Waals surface area contributed by atoms with Crippen LogP contribution in [-0.4, -0.2) is 23.8 Å². The van der Waals surface area contributed by atoms with Crippen LogP contribution in [-0.2, 0) is 9.59 Å². The molecule has 1 aromatic rings. The highest BCUT2D eigenvalue weighted by atomic mass is 35.5. The first-order valence-electron chi connectivity index (χ1n) is 5.20. The van der Waals surface area contributed by atoms with Crippen molar-refractivity contribution in [1.82, 2.24) is 10.9 Å². The summed E-state index contributed by atoms with van der Waals surface area (Å²) in [6.07, 6.45) is 0. The molecule has 0 saturated heterocycles. The smallest absolute Gasteiger partial charge is 0.276 e. The van der Waals surface area contributed by atoms with Crippen LogP contribution in [0.15, 0.2) is 18.2 Å². The quantitative estimate of drug-likeness (QED) is 0.658. The molecule has 1 atom stereocenters. The van der Waals surface area contributed by atoms with Crippen LogP contribution in [0.3, 0.4) is 0 Å². The van der Waals surface area contributed by atoms with Crippen molar-refractivity contribution < 1.29 is 14.3 Å². The molecule has 0 saturated carbocycles. The lowest BCUT2D eigenvalue weighted by Gasteiger charge is -2.09. The van der Waals surface area contributed by atoms with Crippen molar-refractivity contribution in [3.05, 3.63) is 28.2 Å². The van der Waals surface area contributed by atoms with Gasteiger partial charge in [-0.15, -0.1) is 11.6 Å². The summed E-state index contributed by atoms with van der Waals surface area (Å²) in [5.74, 6) is -0.650. The monoisotopic (exact) mass is 324 g/mol. The lowest BCUT2D eigenvalue weighted by molar-refractivity contribution is -0.129. The van der Waals surface area contributed by atoms with Crippen LogP contribution in [0, 0.1) is 0 Å². The zero-order chi connectivity index (χ0) is 14.4. The molecule has 0 spiro atoms. The Hall–Kier alpha value is -1.17. The third-order valence-corrected chi connectivity index (χ3v) is 2.88. The molecule has 5 nitrogen and oxygen atoms in total. The predicted molar refractivity (Wildman–Crippen MR) is 73.6 cm³/mol. The Morgan fingerprint density at radius 1 is 1.26 bits per heavy atom. The molecule has 0 heterocycles. The lowest BCUT2D eigenvalue weighted by atomic mass is 10.3. The zero-order valence-electron chi connectivity index (χ0n) is 9.88. The standard InChI is InChI=1S/C11H11Cl3N2O3/c1-6(12)11(18)16-15-10(17)5-19-7-2-3-8(13)9(14)4-7/h2-4,6H,5H2,1H3,(H,15,17)(H,16,18). The largest absolute Gasteiger partial charge is 0.484 e. The molecular weight excluding hydrogens is 314 g/mol. The summed E-state index contributed by atoms with van der Waals surface area (Å²) in [6, 6.07) is 4.60. The molecule has 0 bridgehead atoms. The molecule has 104 valence electrons. The van der Waals surface area contributed by atoms with E-state index in [1.807, 2.05) is 0 Å². The Kier molecular flexibility index (Phi) is 6.21. The molecule has 0 aliphatic heterocycles. The summed E-state index contributed by atoms with van der Waals surface area (Å²) < 4.78 is 5.16. The first kappa shape index (κ1) is 15.9. The number of halogens is 3. The Balaban J connectivity index is 2.38. The Bertz CT molecular complexity index is 480. The number of carbonyl (C=O) groups is 2. The highest BCUT2D eigenvalue weighted by molar-refractivity contribution is 6.42. The predicted octanol–water partition coefficient (Wildman–Crippen LogP) is 2.15. The molecule has 19 heavy (non-hydrogen) atoms. The van der Waals surface area contributed by atoms with Gasteiger partial charge in [-0.1, -0.05) is 23.2 Å². The van der Waals surface area contributed by atoms with Crippen molar-refractivity contribution in [1.29, 1.82) is 0 Å². The number of alkyl halides is 1. The van der Waals surface area contributed by atoms with Crippen LogP contribution >= 0.6 is 34.8 Å². The van der Waals surface area contributed by atoms with Crippen molar-refractivity contribution in [2.45, 2.75) is 12.3 Å². The molecule has 0 aromatic heterocycles. The van der Waals surface area contributed by atoms with Gasteiger partial charge in [0.15, 0.2) is 6.61 Å². The fraction of sp³-hybridized carbons (Fsp3) is 0.273. The average Bonchev–Trinajstić information content (AvgIpc) is 2.37. The zero-order valence-corrected chi connectivity index (χ0v) is 12.1. The van der Waals surface area contributed by atoms with Gasteiger partial charge < -0.3 is 4.74 Å². The van der Waals surface area contributed by atoms with Gasteiger partial charge in [0.05, 0.1) is 10.0 Å². The summed E-state index contributed by atoms with van der Waals surface area (Å²) in [6.45, 7) is 1.20. The van der Waals surface area contributed by atoms with E-state index in [4.69, 9.17) is 39.5 Å². The molecule has 0 aliphatic rings. The van der Waals surface area contributed by atoms with E-state index >= 15 is 0 Å². The minimum atomic E-state index is -0.740. The van der Waals surface area contributed by atoms with Crippen molar-refractivity contribution in [3.8, 4) is 5.75 Å². The lowest BCUT2D eigenvalue weighted by Crippen LogP contribution is -2.46. The van der Waals surface area contributed by atoms with Crippen molar-refractivity contribution >= 4 is 46.6 Å². The number of amides is 2. The minimum absolute atomic E-state index is 0.283. The number of hydrogen-bond acceptors (Lipinski definition) is 3. The summed E-state index contributed by atoms with van der Waals surface area (Å²) in [5.41, 5.74) is 4.29. The van der Waals surface area contributed by atoms with Crippen LogP contribution in [0.25, 0.3) is 0 Å². The number of ether oxygens (including phenoxy) is 1. The molecule has 0 fully saturated rings. The molecule has 0 aliphatic carbocycles. The van der Waals surface area contributed by atoms with Gasteiger partial charge in [0, 0.05) is 6.07 Å². The van der Waals surface area contributed by atoms with E-state index in [2.05, 4.69) is 10.9 Å². The van der Waals surface area contributed by atoms with Crippen molar-refractivity contribution in [2.75, 3.05) is 6.61 Å². The maximum Gasteiger partial charge on any atom is 0.276 e. The van der Waals surface area contributed by atoms with Crippen LogP contribution in [0.4, 0.5) is 0 Å². The average molecular weight is 326 g/mol. The van der Waals surface area contributed by atoms with Crippen LogP contribution in [0.1, 0.15) is 6.92 Å².